The number of aromatic nitrogens is 2. The van der Waals surface area contributed by atoms with E-state index in [-0.39, 0.29) is 0 Å². The van der Waals surface area contributed by atoms with Crippen LogP contribution in [0.4, 0.5) is 11.4 Å². The molecule has 1 N–H and O–H groups in total. The summed E-state index contributed by atoms with van der Waals surface area (Å²) in [6.07, 6.45) is 7.87. The molecule has 0 atom stereocenters. The summed E-state index contributed by atoms with van der Waals surface area (Å²) in [5.74, 6) is 1.06. The van der Waals surface area contributed by atoms with Crippen molar-refractivity contribution in [3.05, 3.63) is 101 Å². The van der Waals surface area contributed by atoms with Gasteiger partial charge in [0.25, 0.3) is 0 Å². The number of rotatable bonds is 4. The minimum absolute atomic E-state index is 0.848. The van der Waals surface area contributed by atoms with Crippen molar-refractivity contribution >= 4 is 22.4 Å². The predicted molar refractivity (Wildman–Crippen MR) is 136 cm³/mol. The van der Waals surface area contributed by atoms with Crippen LogP contribution in [0, 0.1) is 6.92 Å². The van der Waals surface area contributed by atoms with Crippen LogP contribution in [0.5, 0.6) is 0 Å². The molecular weight excluding hydrogens is 404 g/mol. The molecule has 4 aromatic rings. The van der Waals surface area contributed by atoms with E-state index in [1.807, 2.05) is 0 Å². The van der Waals surface area contributed by atoms with E-state index < -0.39 is 0 Å². The molecule has 0 radical (unpaired) electrons. The topological polar surface area (TPSA) is 33.1 Å². The molecule has 0 amide bonds. The Bertz CT molecular complexity index is 1350. The van der Waals surface area contributed by atoms with Gasteiger partial charge in [0.05, 0.1) is 11.0 Å². The molecule has 0 fully saturated rings. The van der Waals surface area contributed by atoms with Crippen LogP contribution in [0.2, 0.25) is 0 Å². The first-order valence-electron chi connectivity index (χ1n) is 12.0. The van der Waals surface area contributed by atoms with Crippen molar-refractivity contribution in [2.45, 2.75) is 39.3 Å². The molecule has 3 aromatic carbocycles. The molecule has 0 aliphatic carbocycles. The maximum atomic E-state index is 4.73. The fourth-order valence-electron chi connectivity index (χ4n) is 5.23. The molecule has 0 bridgehead atoms. The summed E-state index contributed by atoms with van der Waals surface area (Å²) in [7, 11) is 0. The third-order valence-electron chi connectivity index (χ3n) is 7.01. The summed E-state index contributed by atoms with van der Waals surface area (Å²) in [5, 5.41) is 3.72. The number of imidazole rings is 1. The van der Waals surface area contributed by atoms with E-state index in [0.29, 0.717) is 0 Å². The lowest BCUT2D eigenvalue weighted by atomic mass is 10.0. The first-order chi connectivity index (χ1) is 16.2. The van der Waals surface area contributed by atoms with Crippen LogP contribution in [0.25, 0.3) is 11.0 Å². The van der Waals surface area contributed by atoms with E-state index in [9.17, 15) is 0 Å². The van der Waals surface area contributed by atoms with Crippen molar-refractivity contribution in [3.63, 3.8) is 0 Å². The number of hydrogen-bond donors (Lipinski definition) is 1. The third kappa shape index (κ3) is 4.07. The van der Waals surface area contributed by atoms with E-state index >= 15 is 0 Å². The van der Waals surface area contributed by atoms with Gasteiger partial charge >= 0.3 is 0 Å². The van der Waals surface area contributed by atoms with E-state index in [1.165, 1.54) is 45.6 Å². The van der Waals surface area contributed by atoms with Crippen molar-refractivity contribution in [3.8, 4) is 0 Å². The highest BCUT2D eigenvalue weighted by Gasteiger charge is 2.16. The van der Waals surface area contributed by atoms with Gasteiger partial charge in [0, 0.05) is 37.6 Å². The van der Waals surface area contributed by atoms with Crippen LogP contribution >= 0.6 is 0 Å². The minimum atomic E-state index is 0.848. The Balaban J connectivity index is 1.22. The van der Waals surface area contributed by atoms with Gasteiger partial charge in [-0.1, -0.05) is 48.6 Å². The zero-order chi connectivity index (χ0) is 22.2. The molecule has 4 nitrogen and oxygen atoms in total. The van der Waals surface area contributed by atoms with Crippen molar-refractivity contribution in [1.29, 1.82) is 0 Å². The predicted octanol–water partition coefficient (Wildman–Crippen LogP) is 6.00. The second kappa shape index (κ2) is 8.53. The van der Waals surface area contributed by atoms with Gasteiger partial charge in [0.1, 0.15) is 5.82 Å². The van der Waals surface area contributed by atoms with Crippen molar-refractivity contribution in [1.82, 2.24) is 14.5 Å². The number of hydrogen-bond acceptors (Lipinski definition) is 3. The zero-order valence-corrected chi connectivity index (χ0v) is 19.2. The molecule has 2 aliphatic heterocycles. The lowest BCUT2D eigenvalue weighted by Crippen LogP contribution is -2.26. The summed E-state index contributed by atoms with van der Waals surface area (Å²) < 4.78 is 2.32. The van der Waals surface area contributed by atoms with Gasteiger partial charge in [0.2, 0.25) is 0 Å². The molecule has 4 heteroatoms. The molecule has 166 valence electrons. The number of aryl methyl sites for hydroxylation is 3. The molecular formula is C29H30N4. The average Bonchev–Trinajstić information content (AvgIpc) is 3.03. The van der Waals surface area contributed by atoms with Gasteiger partial charge in [0.15, 0.2) is 0 Å². The Kier molecular flexibility index (Phi) is 5.23. The molecule has 33 heavy (non-hydrogen) atoms. The Hall–Kier alpha value is -3.37. The van der Waals surface area contributed by atoms with Gasteiger partial charge in [-0.15, -0.1) is 0 Å². The van der Waals surface area contributed by atoms with Gasteiger partial charge in [-0.3, -0.25) is 4.90 Å². The van der Waals surface area contributed by atoms with Crippen LogP contribution < -0.4 is 5.32 Å². The van der Waals surface area contributed by atoms with E-state index in [4.69, 9.17) is 4.98 Å². The maximum Gasteiger partial charge on any atom is 0.107 e. The maximum absolute atomic E-state index is 4.73. The first kappa shape index (κ1) is 20.3. The molecule has 0 saturated carbocycles. The number of fused-ring (bicyclic) bond motifs is 3. The molecule has 0 saturated heterocycles. The summed E-state index contributed by atoms with van der Waals surface area (Å²) in [6.45, 7) is 6.20. The third-order valence-corrected chi connectivity index (χ3v) is 7.01. The van der Waals surface area contributed by atoms with E-state index in [2.05, 4.69) is 94.5 Å². The van der Waals surface area contributed by atoms with Crippen LogP contribution in [0.1, 0.15) is 34.5 Å². The highest BCUT2D eigenvalue weighted by atomic mass is 15.1. The first-order valence-corrected chi connectivity index (χ1v) is 12.0. The summed E-state index contributed by atoms with van der Waals surface area (Å²) in [6, 6.07) is 22.3. The normalized spacial score (nSPS) is 15.7. The molecule has 1 aromatic heterocycles. The Morgan fingerprint density at radius 3 is 2.30 bits per heavy atom. The number of nitrogens with zero attached hydrogens (tertiary/aromatic N) is 3. The van der Waals surface area contributed by atoms with Gasteiger partial charge in [-0.25, -0.2) is 4.98 Å². The van der Waals surface area contributed by atoms with E-state index in [0.717, 1.165) is 50.4 Å². The van der Waals surface area contributed by atoms with Gasteiger partial charge in [-0.2, -0.15) is 0 Å². The van der Waals surface area contributed by atoms with Crippen LogP contribution in [0.15, 0.2) is 72.8 Å². The van der Waals surface area contributed by atoms with Crippen LogP contribution in [-0.4, -0.2) is 27.5 Å². The number of benzene rings is 3. The van der Waals surface area contributed by atoms with E-state index in [1.54, 1.807) is 0 Å². The Morgan fingerprint density at radius 1 is 0.848 bits per heavy atom. The quantitative estimate of drug-likeness (QED) is 0.400. The number of para-hydroxylation sites is 2. The molecule has 0 unspecified atom stereocenters. The second-order valence-corrected chi connectivity index (χ2v) is 9.34. The smallest absolute Gasteiger partial charge is 0.107 e. The number of anilines is 2. The van der Waals surface area contributed by atoms with Crippen LogP contribution in [0.3, 0.4) is 0 Å². The van der Waals surface area contributed by atoms with Gasteiger partial charge in [-0.05, 0) is 72.7 Å². The van der Waals surface area contributed by atoms with Crippen molar-refractivity contribution < 1.29 is 0 Å². The highest BCUT2D eigenvalue weighted by Crippen LogP contribution is 2.32. The lowest BCUT2D eigenvalue weighted by Gasteiger charge is -2.23. The monoisotopic (exact) mass is 434 g/mol. The molecule has 6 rings (SSSR count). The Labute approximate surface area is 195 Å². The minimum Gasteiger partial charge on any atom is -0.355 e. The lowest BCUT2D eigenvalue weighted by molar-refractivity contribution is 0.290. The molecule has 3 heterocycles. The summed E-state index contributed by atoms with van der Waals surface area (Å²) in [5.41, 5.74) is 10.3. The van der Waals surface area contributed by atoms with Crippen LogP contribution in [-0.2, 0) is 25.9 Å². The molecule has 2 aliphatic rings. The summed E-state index contributed by atoms with van der Waals surface area (Å²) in [4.78, 5) is 7.25. The highest BCUT2D eigenvalue weighted by molar-refractivity contribution is 5.76. The Morgan fingerprint density at radius 2 is 1.58 bits per heavy atom. The largest absolute Gasteiger partial charge is 0.355 e. The van der Waals surface area contributed by atoms with Crippen molar-refractivity contribution in [2.24, 2.45) is 0 Å². The SMILES string of the molecule is Cc1nc2ccccc2n1Cc1ccc2c(c1)CCc1cc(CN3CC=CCC3)ccc1N2. The summed E-state index contributed by atoms with van der Waals surface area (Å²) >= 11 is 0. The second-order valence-electron chi connectivity index (χ2n) is 9.34. The average molecular weight is 435 g/mol. The zero-order valence-electron chi connectivity index (χ0n) is 19.2. The molecule has 0 spiro atoms. The fourth-order valence-corrected chi connectivity index (χ4v) is 5.23. The fraction of sp³-hybridized carbons (Fsp3) is 0.276. The van der Waals surface area contributed by atoms with Crippen molar-refractivity contribution in [2.75, 3.05) is 18.4 Å². The number of nitrogens with one attached hydrogen (secondary N) is 1. The standard InChI is InChI=1S/C29H30N4/c1-21-30-28-7-3-4-8-29(28)33(21)20-23-10-14-27-25(18-23)12-11-24-17-22(9-13-26(24)31-27)19-32-15-5-2-6-16-32/h2-5,7-10,13-14,17-18,31H,6,11-12,15-16,19-20H2,1H3. The van der Waals surface area contributed by atoms with Gasteiger partial charge < -0.3 is 9.88 Å².